The number of nitrogens with one attached hydrogen (secondary N) is 1. The van der Waals surface area contributed by atoms with Gasteiger partial charge in [-0.2, -0.15) is 0 Å². The van der Waals surface area contributed by atoms with Gasteiger partial charge in [0, 0.05) is 24.0 Å². The van der Waals surface area contributed by atoms with Crippen LogP contribution in [0.5, 0.6) is 0 Å². The average molecular weight is 396 g/mol. The van der Waals surface area contributed by atoms with Gasteiger partial charge in [0.2, 0.25) is 0 Å². The Bertz CT molecular complexity index is 862. The first-order valence-corrected chi connectivity index (χ1v) is 10.1. The summed E-state index contributed by atoms with van der Waals surface area (Å²) >= 11 is 0. The molecule has 0 radical (unpaired) electrons. The van der Waals surface area contributed by atoms with Crippen molar-refractivity contribution in [2.75, 3.05) is 26.0 Å². The molecule has 0 aromatic heterocycles. The van der Waals surface area contributed by atoms with Crippen molar-refractivity contribution < 1.29 is 4.79 Å². The zero-order valence-corrected chi connectivity index (χ0v) is 18.2. The molecule has 1 aliphatic heterocycles. The van der Waals surface area contributed by atoms with Gasteiger partial charge in [-0.1, -0.05) is 19.1 Å². The maximum atomic E-state index is 12.5. The van der Waals surface area contributed by atoms with Crippen molar-refractivity contribution in [2.45, 2.75) is 46.5 Å². The van der Waals surface area contributed by atoms with E-state index in [4.69, 9.17) is 5.73 Å². The summed E-state index contributed by atoms with van der Waals surface area (Å²) in [5.41, 5.74) is 11.1. The Kier molecular flexibility index (Phi) is 8.34. The van der Waals surface area contributed by atoms with Gasteiger partial charge < -0.3 is 16.0 Å². The zero-order valence-electron chi connectivity index (χ0n) is 18.2. The van der Waals surface area contributed by atoms with E-state index in [1.165, 1.54) is 0 Å². The van der Waals surface area contributed by atoms with Gasteiger partial charge in [-0.05, 0) is 82.6 Å². The number of allylic oxidation sites excluding steroid dienone is 1. The second-order valence-electron chi connectivity index (χ2n) is 7.66. The monoisotopic (exact) mass is 395 g/mol. The fraction of sp³-hybridized carbons (Fsp3) is 0.435. The SMILES string of the molecule is CCc1ccc(/C(C)=C/N=C(\C)CCCN(C)C)cc1NC(=O)C1=CCC(N)=N1. The smallest absolute Gasteiger partial charge is 0.274 e. The number of rotatable bonds is 9. The number of amides is 1. The number of aliphatic imine (C=N–C) groups is 2. The Labute approximate surface area is 174 Å². The van der Waals surface area contributed by atoms with Gasteiger partial charge in [-0.15, -0.1) is 0 Å². The highest BCUT2D eigenvalue weighted by atomic mass is 16.2. The molecule has 0 aliphatic carbocycles. The molecule has 2 rings (SSSR count). The maximum Gasteiger partial charge on any atom is 0.274 e. The van der Waals surface area contributed by atoms with E-state index in [2.05, 4.69) is 60.3 Å². The molecular weight excluding hydrogens is 362 g/mol. The Hall–Kier alpha value is -2.73. The van der Waals surface area contributed by atoms with Gasteiger partial charge in [0.05, 0.1) is 0 Å². The van der Waals surface area contributed by atoms with Crippen LogP contribution in [0.2, 0.25) is 0 Å². The molecule has 1 amide bonds. The van der Waals surface area contributed by atoms with Gasteiger partial charge in [0.15, 0.2) is 0 Å². The van der Waals surface area contributed by atoms with Gasteiger partial charge >= 0.3 is 0 Å². The predicted molar refractivity (Wildman–Crippen MR) is 123 cm³/mol. The van der Waals surface area contributed by atoms with Crippen LogP contribution < -0.4 is 11.1 Å². The molecule has 0 fully saturated rings. The van der Waals surface area contributed by atoms with E-state index >= 15 is 0 Å². The van der Waals surface area contributed by atoms with Crippen LogP contribution in [0.3, 0.4) is 0 Å². The fourth-order valence-corrected chi connectivity index (χ4v) is 3.02. The molecule has 0 spiro atoms. The number of hydrogen-bond donors (Lipinski definition) is 2. The second kappa shape index (κ2) is 10.7. The first-order valence-electron chi connectivity index (χ1n) is 10.1. The van der Waals surface area contributed by atoms with Crippen molar-refractivity contribution in [1.29, 1.82) is 0 Å². The van der Waals surface area contributed by atoms with Crippen molar-refractivity contribution >= 4 is 28.7 Å². The van der Waals surface area contributed by atoms with Gasteiger partial charge in [0.25, 0.3) is 5.91 Å². The molecule has 6 nitrogen and oxygen atoms in total. The molecule has 1 aromatic rings. The van der Waals surface area contributed by atoms with Crippen LogP contribution in [-0.2, 0) is 11.2 Å². The van der Waals surface area contributed by atoms with Gasteiger partial charge in [0.1, 0.15) is 11.5 Å². The van der Waals surface area contributed by atoms with E-state index in [-0.39, 0.29) is 5.91 Å². The van der Waals surface area contributed by atoms with E-state index in [0.717, 1.165) is 53.9 Å². The number of nitrogens with zero attached hydrogens (tertiary/aromatic N) is 3. The largest absolute Gasteiger partial charge is 0.387 e. The molecule has 3 N–H and O–H groups in total. The molecule has 29 heavy (non-hydrogen) atoms. The molecule has 6 heteroatoms. The summed E-state index contributed by atoms with van der Waals surface area (Å²) in [5.74, 6) is 0.242. The summed E-state index contributed by atoms with van der Waals surface area (Å²) in [6.07, 6.45) is 7.08. The average Bonchev–Trinajstić information content (AvgIpc) is 3.12. The minimum atomic E-state index is -0.228. The van der Waals surface area contributed by atoms with Crippen molar-refractivity contribution in [3.8, 4) is 0 Å². The predicted octanol–water partition coefficient (Wildman–Crippen LogP) is 4.00. The van der Waals surface area contributed by atoms with Crippen molar-refractivity contribution in [2.24, 2.45) is 15.7 Å². The molecule has 0 unspecified atom stereocenters. The number of anilines is 1. The number of benzene rings is 1. The number of aryl methyl sites for hydroxylation is 1. The highest BCUT2D eigenvalue weighted by Crippen LogP contribution is 2.24. The number of carbonyl (C=O) groups is 1. The van der Waals surface area contributed by atoms with Gasteiger partial charge in [-0.3, -0.25) is 9.79 Å². The van der Waals surface area contributed by atoms with E-state index in [1.54, 1.807) is 6.08 Å². The molecule has 0 atom stereocenters. The Morgan fingerprint density at radius 1 is 1.34 bits per heavy atom. The lowest BCUT2D eigenvalue weighted by molar-refractivity contribution is -0.112. The second-order valence-corrected chi connectivity index (χ2v) is 7.66. The molecule has 1 heterocycles. The summed E-state index contributed by atoms with van der Waals surface area (Å²) in [6, 6.07) is 6.13. The summed E-state index contributed by atoms with van der Waals surface area (Å²) < 4.78 is 0. The van der Waals surface area contributed by atoms with E-state index in [9.17, 15) is 4.79 Å². The highest BCUT2D eigenvalue weighted by molar-refractivity contribution is 6.07. The summed E-state index contributed by atoms with van der Waals surface area (Å²) in [4.78, 5) is 23.4. The quantitative estimate of drug-likeness (QED) is 0.620. The van der Waals surface area contributed by atoms with Crippen LogP contribution >= 0.6 is 0 Å². The lowest BCUT2D eigenvalue weighted by atomic mass is 10.0. The van der Waals surface area contributed by atoms with E-state index in [1.807, 2.05) is 19.2 Å². The minimum absolute atomic E-state index is 0.228. The number of hydrogen-bond acceptors (Lipinski definition) is 5. The summed E-state index contributed by atoms with van der Waals surface area (Å²) in [5, 5.41) is 2.99. The molecule has 0 bridgehead atoms. The first-order chi connectivity index (χ1) is 13.8. The maximum absolute atomic E-state index is 12.5. The Morgan fingerprint density at radius 2 is 2.10 bits per heavy atom. The molecule has 1 aliphatic rings. The standard InChI is InChI=1S/C23H33N5O/c1-6-18-9-10-19(16(2)15-25-17(3)8-7-13-28(4)5)14-21(18)27-23(29)20-11-12-22(24)26-20/h9-11,14-15H,6-8,12-13H2,1-5H3,(H2,24,26)(H,27,29)/b16-15+,25-17+. The van der Waals surface area contributed by atoms with Crippen molar-refractivity contribution in [1.82, 2.24) is 4.90 Å². The third kappa shape index (κ3) is 6.98. The highest BCUT2D eigenvalue weighted by Gasteiger charge is 2.15. The first kappa shape index (κ1) is 22.6. The molecule has 156 valence electrons. The Morgan fingerprint density at radius 3 is 2.72 bits per heavy atom. The lowest BCUT2D eigenvalue weighted by Crippen LogP contribution is -2.15. The third-order valence-corrected chi connectivity index (χ3v) is 4.82. The van der Waals surface area contributed by atoms with Crippen LogP contribution in [0.25, 0.3) is 5.57 Å². The molecular formula is C23H33N5O. The zero-order chi connectivity index (χ0) is 21.4. The van der Waals surface area contributed by atoms with Crippen LogP contribution in [0, 0.1) is 0 Å². The van der Waals surface area contributed by atoms with E-state index < -0.39 is 0 Å². The lowest BCUT2D eigenvalue weighted by Gasteiger charge is -2.12. The topological polar surface area (TPSA) is 83.1 Å². The van der Waals surface area contributed by atoms with E-state index in [0.29, 0.717) is 18.0 Å². The van der Waals surface area contributed by atoms with Crippen LogP contribution in [-0.4, -0.2) is 43.0 Å². The normalized spacial score (nSPS) is 14.8. The summed E-state index contributed by atoms with van der Waals surface area (Å²) in [7, 11) is 4.16. The number of carbonyl (C=O) groups excluding carboxylic acids is 1. The summed E-state index contributed by atoms with van der Waals surface area (Å²) in [6.45, 7) is 7.23. The Balaban J connectivity index is 2.13. The van der Waals surface area contributed by atoms with Gasteiger partial charge in [-0.25, -0.2) is 4.99 Å². The number of amidine groups is 1. The minimum Gasteiger partial charge on any atom is -0.387 e. The van der Waals surface area contributed by atoms with Crippen molar-refractivity contribution in [3.05, 3.63) is 47.3 Å². The van der Waals surface area contributed by atoms with Crippen LogP contribution in [0.4, 0.5) is 5.69 Å². The molecule has 0 saturated carbocycles. The van der Waals surface area contributed by atoms with Crippen LogP contribution in [0.1, 0.15) is 51.2 Å². The fourth-order valence-electron chi connectivity index (χ4n) is 3.02. The molecule has 0 saturated heterocycles. The van der Waals surface area contributed by atoms with Crippen molar-refractivity contribution in [3.63, 3.8) is 0 Å². The molecule has 1 aromatic carbocycles. The number of nitrogens with two attached hydrogens (primary N) is 1. The third-order valence-electron chi connectivity index (χ3n) is 4.82. The van der Waals surface area contributed by atoms with Crippen LogP contribution in [0.15, 0.2) is 46.2 Å².